The molecule has 0 aliphatic heterocycles. The molecule has 0 aliphatic rings. The molecular weight excluding hydrogens is 464 g/mol. The Bertz CT molecular complexity index is 1270. The number of ether oxygens (including phenoxy) is 1. The van der Waals surface area contributed by atoms with Gasteiger partial charge < -0.3 is 14.6 Å². The van der Waals surface area contributed by atoms with E-state index in [9.17, 15) is 9.59 Å². The molecule has 3 heterocycles. The monoisotopic (exact) mass is 486 g/mol. The summed E-state index contributed by atoms with van der Waals surface area (Å²) in [7, 11) is 1.90. The first-order valence-electron chi connectivity index (χ1n) is 10.1. The maximum Gasteiger partial charge on any atom is 0.341 e. The van der Waals surface area contributed by atoms with Gasteiger partial charge in [-0.05, 0) is 25.5 Å². The van der Waals surface area contributed by atoms with Crippen LogP contribution in [0.5, 0.6) is 0 Å². The van der Waals surface area contributed by atoms with Crippen LogP contribution in [0.2, 0.25) is 0 Å². The number of nitrogens with zero attached hydrogens (tertiary/aromatic N) is 3. The van der Waals surface area contributed by atoms with Crippen LogP contribution in [0.15, 0.2) is 40.9 Å². The van der Waals surface area contributed by atoms with Gasteiger partial charge in [0.05, 0.1) is 17.9 Å². The van der Waals surface area contributed by atoms with E-state index in [0.717, 1.165) is 28.1 Å². The number of rotatable bonds is 8. The Kier molecular flexibility index (Phi) is 6.92. The quantitative estimate of drug-likeness (QED) is 0.271. The molecule has 0 radical (unpaired) electrons. The van der Waals surface area contributed by atoms with Gasteiger partial charge in [-0.25, -0.2) is 4.79 Å². The van der Waals surface area contributed by atoms with Gasteiger partial charge in [0.2, 0.25) is 5.91 Å². The molecule has 0 bridgehead atoms. The van der Waals surface area contributed by atoms with E-state index in [0.29, 0.717) is 15.7 Å². The summed E-state index contributed by atoms with van der Waals surface area (Å²) >= 11 is 4.37. The number of aryl methyl sites for hydroxylation is 1. The molecule has 32 heavy (non-hydrogen) atoms. The number of thiophene rings is 2. The van der Waals surface area contributed by atoms with Gasteiger partial charge in [-0.15, -0.1) is 32.9 Å². The van der Waals surface area contributed by atoms with E-state index in [4.69, 9.17) is 4.74 Å². The Hall–Kier alpha value is -2.69. The summed E-state index contributed by atoms with van der Waals surface area (Å²) in [6.07, 6.45) is 0.778. The number of thioether (sulfide) groups is 1. The van der Waals surface area contributed by atoms with E-state index in [1.54, 1.807) is 24.3 Å². The zero-order valence-electron chi connectivity index (χ0n) is 17.9. The number of benzene rings is 1. The van der Waals surface area contributed by atoms with Crippen LogP contribution in [0.3, 0.4) is 0 Å². The van der Waals surface area contributed by atoms with Crippen molar-refractivity contribution in [1.82, 2.24) is 14.8 Å². The summed E-state index contributed by atoms with van der Waals surface area (Å²) in [5.41, 5.74) is 1.43. The molecule has 10 heteroatoms. The maximum atomic E-state index is 12.6. The second-order valence-electron chi connectivity index (χ2n) is 6.88. The van der Waals surface area contributed by atoms with Crippen LogP contribution in [0.1, 0.15) is 29.1 Å². The minimum Gasteiger partial charge on any atom is -0.462 e. The van der Waals surface area contributed by atoms with Crippen molar-refractivity contribution in [3.8, 4) is 11.4 Å². The van der Waals surface area contributed by atoms with Gasteiger partial charge in [0.25, 0.3) is 0 Å². The Morgan fingerprint density at radius 3 is 2.81 bits per heavy atom. The number of fused-ring (bicyclic) bond motifs is 1. The lowest BCUT2D eigenvalue weighted by molar-refractivity contribution is -0.113. The third-order valence-electron chi connectivity index (χ3n) is 4.77. The van der Waals surface area contributed by atoms with Gasteiger partial charge >= 0.3 is 5.97 Å². The molecule has 166 valence electrons. The second-order valence-corrected chi connectivity index (χ2v) is 9.87. The lowest BCUT2D eigenvalue weighted by Crippen LogP contribution is -2.16. The SMILES string of the molecule is CCOC(=O)c1cc(CC)sc1NC(=O)CSc1nnc(-c2csc3ccccc23)n1C. The molecule has 1 N–H and O–H groups in total. The van der Waals surface area contributed by atoms with Crippen LogP contribution in [0.25, 0.3) is 21.5 Å². The van der Waals surface area contributed by atoms with Crippen molar-refractivity contribution < 1.29 is 14.3 Å². The fourth-order valence-corrected chi connectivity index (χ4v) is 5.84. The molecular formula is C22H22N4O3S3. The smallest absolute Gasteiger partial charge is 0.341 e. The molecule has 0 saturated heterocycles. The number of carbonyl (C=O) groups excluding carboxylic acids is 2. The first-order valence-corrected chi connectivity index (χ1v) is 12.8. The number of esters is 1. The first-order chi connectivity index (χ1) is 15.5. The summed E-state index contributed by atoms with van der Waals surface area (Å²) in [4.78, 5) is 25.8. The average molecular weight is 487 g/mol. The Morgan fingerprint density at radius 1 is 1.22 bits per heavy atom. The number of hydrogen-bond donors (Lipinski definition) is 1. The minimum atomic E-state index is -0.424. The highest BCUT2D eigenvalue weighted by Gasteiger charge is 2.20. The third kappa shape index (κ3) is 4.57. The molecule has 3 aromatic heterocycles. The van der Waals surface area contributed by atoms with Gasteiger partial charge in [0.1, 0.15) is 5.00 Å². The van der Waals surface area contributed by atoms with E-state index < -0.39 is 5.97 Å². The summed E-state index contributed by atoms with van der Waals surface area (Å²) in [6.45, 7) is 4.05. The fraction of sp³-hybridized carbons (Fsp3) is 0.273. The molecule has 0 atom stereocenters. The van der Waals surface area contributed by atoms with Crippen molar-refractivity contribution >= 4 is 61.4 Å². The lowest BCUT2D eigenvalue weighted by Gasteiger charge is -2.06. The lowest BCUT2D eigenvalue weighted by atomic mass is 10.2. The highest BCUT2D eigenvalue weighted by atomic mass is 32.2. The predicted molar refractivity (Wildman–Crippen MR) is 131 cm³/mol. The molecule has 0 saturated carbocycles. The molecule has 1 aromatic carbocycles. The van der Waals surface area contributed by atoms with Crippen LogP contribution in [0, 0.1) is 0 Å². The normalized spacial score (nSPS) is 11.1. The molecule has 0 unspecified atom stereocenters. The Labute approximate surface area is 197 Å². The minimum absolute atomic E-state index is 0.151. The van der Waals surface area contributed by atoms with Crippen LogP contribution in [0.4, 0.5) is 5.00 Å². The van der Waals surface area contributed by atoms with E-state index in [2.05, 4.69) is 33.0 Å². The molecule has 0 fully saturated rings. The zero-order valence-corrected chi connectivity index (χ0v) is 20.3. The largest absolute Gasteiger partial charge is 0.462 e. The summed E-state index contributed by atoms with van der Waals surface area (Å²) in [5, 5.41) is 15.9. The van der Waals surface area contributed by atoms with Gasteiger partial charge in [-0.2, -0.15) is 0 Å². The standard InChI is InChI=1S/C22H22N4O3S3/c1-4-13-10-15(21(28)29-5-2)20(32-13)23-18(27)12-31-22-25-24-19(26(22)3)16-11-30-17-9-7-6-8-14(16)17/h6-11H,4-5,12H2,1-3H3,(H,23,27). The highest BCUT2D eigenvalue weighted by Crippen LogP contribution is 2.34. The van der Waals surface area contributed by atoms with Crippen molar-refractivity contribution in [3.63, 3.8) is 0 Å². The van der Waals surface area contributed by atoms with Gasteiger partial charge in [0, 0.05) is 33.0 Å². The van der Waals surface area contributed by atoms with Crippen LogP contribution >= 0.6 is 34.4 Å². The fourth-order valence-electron chi connectivity index (χ4n) is 3.19. The number of amides is 1. The van der Waals surface area contributed by atoms with E-state index in [1.165, 1.54) is 27.8 Å². The topological polar surface area (TPSA) is 86.1 Å². The molecule has 1 amide bonds. The highest BCUT2D eigenvalue weighted by molar-refractivity contribution is 7.99. The second kappa shape index (κ2) is 9.85. The maximum absolute atomic E-state index is 12.6. The number of hydrogen-bond acceptors (Lipinski definition) is 8. The molecule has 7 nitrogen and oxygen atoms in total. The van der Waals surface area contributed by atoms with Crippen molar-refractivity contribution in [3.05, 3.63) is 46.2 Å². The molecule has 0 spiro atoms. The third-order valence-corrected chi connectivity index (χ3v) is 7.95. The van der Waals surface area contributed by atoms with Crippen LogP contribution in [-0.2, 0) is 23.0 Å². The first kappa shape index (κ1) is 22.5. The molecule has 0 aliphatic carbocycles. The van der Waals surface area contributed by atoms with Crippen molar-refractivity contribution in [1.29, 1.82) is 0 Å². The molecule has 4 aromatic rings. The average Bonchev–Trinajstić information content (AvgIpc) is 3.49. The van der Waals surface area contributed by atoms with E-state index in [-0.39, 0.29) is 18.3 Å². The predicted octanol–water partition coefficient (Wildman–Crippen LogP) is 5.23. The summed E-state index contributed by atoms with van der Waals surface area (Å²) < 4.78 is 8.21. The van der Waals surface area contributed by atoms with Crippen LogP contribution < -0.4 is 5.32 Å². The number of nitrogens with one attached hydrogen (secondary N) is 1. The summed E-state index contributed by atoms with van der Waals surface area (Å²) in [5.74, 6) is 0.279. The van der Waals surface area contributed by atoms with Crippen molar-refractivity contribution in [2.45, 2.75) is 25.4 Å². The van der Waals surface area contributed by atoms with E-state index in [1.807, 2.05) is 30.7 Å². The Morgan fingerprint density at radius 2 is 2.03 bits per heavy atom. The van der Waals surface area contributed by atoms with Crippen molar-refractivity contribution in [2.75, 3.05) is 17.7 Å². The van der Waals surface area contributed by atoms with Crippen LogP contribution in [-0.4, -0.2) is 39.0 Å². The Balaban J connectivity index is 1.46. The number of anilines is 1. The van der Waals surface area contributed by atoms with Gasteiger partial charge in [-0.1, -0.05) is 36.9 Å². The summed E-state index contributed by atoms with van der Waals surface area (Å²) in [6, 6.07) is 9.96. The van der Waals surface area contributed by atoms with Gasteiger partial charge in [-0.3, -0.25) is 4.79 Å². The number of carbonyl (C=O) groups is 2. The molecule has 4 rings (SSSR count). The number of aromatic nitrogens is 3. The van der Waals surface area contributed by atoms with Gasteiger partial charge in [0.15, 0.2) is 11.0 Å². The zero-order chi connectivity index (χ0) is 22.7. The van der Waals surface area contributed by atoms with Crippen molar-refractivity contribution in [2.24, 2.45) is 7.05 Å². The van der Waals surface area contributed by atoms with E-state index >= 15 is 0 Å².